The molecule has 0 aliphatic carbocycles. The van der Waals surface area contributed by atoms with Crippen LogP contribution in [0.4, 0.5) is 0 Å². The van der Waals surface area contributed by atoms with Gasteiger partial charge in [-0.05, 0) is 35.7 Å². The van der Waals surface area contributed by atoms with E-state index in [-0.39, 0.29) is 0 Å². The zero-order valence-corrected chi connectivity index (χ0v) is 11.7. The Morgan fingerprint density at radius 2 is 2.00 bits per heavy atom. The fraction of sp³-hybridized carbons (Fsp3) is 0.188. The molecule has 0 aliphatic heterocycles. The standard InChI is InChI=1S/C16H16N2S/c1-12-4-2-3-5-14(12)11-19-16-7-6-13(9-17)8-15(16)10-18/h2-8H,9,11,17H2,1H3. The third-order valence-electron chi connectivity index (χ3n) is 3.04. The summed E-state index contributed by atoms with van der Waals surface area (Å²) in [7, 11) is 0. The minimum atomic E-state index is 0.470. The molecule has 2 aromatic carbocycles. The molecule has 19 heavy (non-hydrogen) atoms. The predicted octanol–water partition coefficient (Wildman–Crippen LogP) is 3.62. The SMILES string of the molecule is Cc1ccccc1CSc1ccc(CN)cc1C#N. The van der Waals surface area contributed by atoms with E-state index >= 15 is 0 Å². The molecular formula is C16H16N2S. The van der Waals surface area contributed by atoms with Crippen LogP contribution in [0.15, 0.2) is 47.4 Å². The van der Waals surface area contributed by atoms with Crippen LogP contribution in [0, 0.1) is 18.3 Å². The zero-order chi connectivity index (χ0) is 13.7. The third-order valence-corrected chi connectivity index (χ3v) is 4.17. The normalized spacial score (nSPS) is 10.2. The number of rotatable bonds is 4. The van der Waals surface area contributed by atoms with E-state index in [4.69, 9.17) is 5.73 Å². The molecule has 0 saturated heterocycles. The highest BCUT2D eigenvalue weighted by molar-refractivity contribution is 7.98. The number of nitrogens with zero attached hydrogens (tertiary/aromatic N) is 1. The number of hydrogen-bond donors (Lipinski definition) is 1. The quantitative estimate of drug-likeness (QED) is 0.862. The van der Waals surface area contributed by atoms with Gasteiger partial charge in [0.15, 0.2) is 0 Å². The monoisotopic (exact) mass is 268 g/mol. The van der Waals surface area contributed by atoms with Gasteiger partial charge in [0.2, 0.25) is 0 Å². The van der Waals surface area contributed by atoms with Crippen molar-refractivity contribution in [2.45, 2.75) is 24.1 Å². The van der Waals surface area contributed by atoms with Crippen LogP contribution in [0.3, 0.4) is 0 Å². The number of benzene rings is 2. The molecule has 2 aromatic rings. The summed E-state index contributed by atoms with van der Waals surface area (Å²) in [5.74, 6) is 0.878. The van der Waals surface area contributed by atoms with Gasteiger partial charge in [-0.15, -0.1) is 11.8 Å². The first-order chi connectivity index (χ1) is 9.24. The lowest BCUT2D eigenvalue weighted by molar-refractivity contribution is 1.06. The van der Waals surface area contributed by atoms with Gasteiger partial charge in [-0.25, -0.2) is 0 Å². The Labute approximate surface area is 118 Å². The summed E-state index contributed by atoms with van der Waals surface area (Å²) in [5.41, 5.74) is 9.89. The lowest BCUT2D eigenvalue weighted by Crippen LogP contribution is -1.97. The van der Waals surface area contributed by atoms with Gasteiger partial charge in [0, 0.05) is 17.2 Å². The molecule has 3 heteroatoms. The Bertz CT molecular complexity index is 614. The Morgan fingerprint density at radius 3 is 2.68 bits per heavy atom. The fourth-order valence-corrected chi connectivity index (χ4v) is 2.90. The van der Waals surface area contributed by atoms with E-state index in [9.17, 15) is 5.26 Å². The summed E-state index contributed by atoms with van der Waals surface area (Å²) < 4.78 is 0. The van der Waals surface area contributed by atoms with Crippen LogP contribution in [0.25, 0.3) is 0 Å². The summed E-state index contributed by atoms with van der Waals surface area (Å²) >= 11 is 1.69. The molecule has 0 unspecified atom stereocenters. The predicted molar refractivity (Wildman–Crippen MR) is 79.8 cm³/mol. The van der Waals surface area contributed by atoms with Crippen molar-refractivity contribution < 1.29 is 0 Å². The number of nitriles is 1. The minimum Gasteiger partial charge on any atom is -0.326 e. The first-order valence-electron chi connectivity index (χ1n) is 6.15. The summed E-state index contributed by atoms with van der Waals surface area (Å²) in [5, 5.41) is 9.19. The van der Waals surface area contributed by atoms with Crippen LogP contribution in [-0.4, -0.2) is 0 Å². The molecule has 0 amide bonds. The van der Waals surface area contributed by atoms with Crippen molar-refractivity contribution in [1.82, 2.24) is 0 Å². The van der Waals surface area contributed by atoms with Crippen molar-refractivity contribution in [2.75, 3.05) is 0 Å². The molecule has 0 fully saturated rings. The summed E-state index contributed by atoms with van der Waals surface area (Å²) in [4.78, 5) is 1.02. The van der Waals surface area contributed by atoms with E-state index in [2.05, 4.69) is 25.1 Å². The van der Waals surface area contributed by atoms with Crippen LogP contribution < -0.4 is 5.73 Å². The van der Waals surface area contributed by atoms with Gasteiger partial charge in [-0.1, -0.05) is 30.3 Å². The Kier molecular flexibility index (Phi) is 4.62. The second kappa shape index (κ2) is 6.42. The zero-order valence-electron chi connectivity index (χ0n) is 10.9. The molecule has 0 heterocycles. The molecule has 0 bridgehead atoms. The van der Waals surface area contributed by atoms with Crippen LogP contribution in [0.5, 0.6) is 0 Å². The Balaban J connectivity index is 2.16. The van der Waals surface area contributed by atoms with Gasteiger partial charge < -0.3 is 5.73 Å². The van der Waals surface area contributed by atoms with Crippen LogP contribution >= 0.6 is 11.8 Å². The maximum absolute atomic E-state index is 9.19. The largest absolute Gasteiger partial charge is 0.326 e. The third kappa shape index (κ3) is 3.37. The molecule has 2 N–H and O–H groups in total. The molecular weight excluding hydrogens is 252 g/mol. The average molecular weight is 268 g/mol. The Hall–Kier alpha value is -1.76. The molecule has 0 spiro atoms. The fourth-order valence-electron chi connectivity index (χ4n) is 1.84. The second-order valence-electron chi connectivity index (χ2n) is 4.36. The van der Waals surface area contributed by atoms with Gasteiger partial charge in [0.1, 0.15) is 6.07 Å². The van der Waals surface area contributed by atoms with Gasteiger partial charge in [-0.2, -0.15) is 5.26 Å². The summed E-state index contributed by atoms with van der Waals surface area (Å²) in [6.45, 7) is 2.58. The molecule has 0 aromatic heterocycles. The van der Waals surface area contributed by atoms with E-state index in [0.29, 0.717) is 12.1 Å². The highest BCUT2D eigenvalue weighted by Crippen LogP contribution is 2.27. The summed E-state index contributed by atoms with van der Waals surface area (Å²) in [6, 6.07) is 16.4. The lowest BCUT2D eigenvalue weighted by Gasteiger charge is -2.08. The van der Waals surface area contributed by atoms with Crippen LogP contribution in [0.2, 0.25) is 0 Å². The second-order valence-corrected chi connectivity index (χ2v) is 5.38. The molecule has 0 saturated carbocycles. The van der Waals surface area contributed by atoms with E-state index < -0.39 is 0 Å². The smallest absolute Gasteiger partial charge is 0.100 e. The van der Waals surface area contributed by atoms with Crippen molar-refractivity contribution >= 4 is 11.8 Å². The van der Waals surface area contributed by atoms with E-state index in [1.54, 1.807) is 11.8 Å². The molecule has 0 radical (unpaired) electrons. The number of hydrogen-bond acceptors (Lipinski definition) is 3. The van der Waals surface area contributed by atoms with Crippen LogP contribution in [0.1, 0.15) is 22.3 Å². The number of nitrogens with two attached hydrogens (primary N) is 1. The first kappa shape index (κ1) is 13.7. The molecule has 2 nitrogen and oxygen atoms in total. The molecule has 96 valence electrons. The Morgan fingerprint density at radius 1 is 1.21 bits per heavy atom. The van der Waals surface area contributed by atoms with E-state index in [0.717, 1.165) is 16.2 Å². The maximum Gasteiger partial charge on any atom is 0.100 e. The lowest BCUT2D eigenvalue weighted by atomic mass is 10.1. The van der Waals surface area contributed by atoms with Crippen molar-refractivity contribution in [3.05, 3.63) is 64.7 Å². The van der Waals surface area contributed by atoms with Gasteiger partial charge in [-0.3, -0.25) is 0 Å². The molecule has 0 aliphatic rings. The number of aryl methyl sites for hydroxylation is 1. The highest BCUT2D eigenvalue weighted by atomic mass is 32.2. The van der Waals surface area contributed by atoms with Gasteiger partial charge >= 0.3 is 0 Å². The highest BCUT2D eigenvalue weighted by Gasteiger charge is 2.05. The van der Waals surface area contributed by atoms with Crippen molar-refractivity contribution in [3.8, 4) is 6.07 Å². The molecule has 2 rings (SSSR count). The molecule has 0 atom stereocenters. The van der Waals surface area contributed by atoms with Gasteiger partial charge in [0.05, 0.1) is 5.56 Å². The number of thioether (sulfide) groups is 1. The van der Waals surface area contributed by atoms with E-state index in [1.165, 1.54) is 11.1 Å². The minimum absolute atomic E-state index is 0.470. The van der Waals surface area contributed by atoms with Crippen LogP contribution in [-0.2, 0) is 12.3 Å². The maximum atomic E-state index is 9.19. The average Bonchev–Trinajstić information content (AvgIpc) is 2.46. The van der Waals surface area contributed by atoms with Crippen molar-refractivity contribution in [2.24, 2.45) is 5.73 Å². The van der Waals surface area contributed by atoms with Crippen molar-refractivity contribution in [1.29, 1.82) is 5.26 Å². The topological polar surface area (TPSA) is 49.8 Å². The van der Waals surface area contributed by atoms with Crippen molar-refractivity contribution in [3.63, 3.8) is 0 Å². The summed E-state index contributed by atoms with van der Waals surface area (Å²) in [6.07, 6.45) is 0. The van der Waals surface area contributed by atoms with Gasteiger partial charge in [0.25, 0.3) is 0 Å². The van der Waals surface area contributed by atoms with E-state index in [1.807, 2.05) is 30.3 Å². The first-order valence-corrected chi connectivity index (χ1v) is 7.13.